The van der Waals surface area contributed by atoms with Crippen LogP contribution in [0.1, 0.15) is 10.4 Å². The molecule has 0 aliphatic rings. The molecule has 3 aromatic carbocycles. The standard InChI is InChI=1S/C19H15N3O5S/c23-19(16-8-4-7-15(13-16)14-5-2-1-3-6-14)20-21-28(26,27)18-11-9-17(10-12-18)22(24)25/h1-13,21H,(H,20,23). The van der Waals surface area contributed by atoms with E-state index in [1.54, 1.807) is 18.2 Å². The van der Waals surface area contributed by atoms with E-state index in [4.69, 9.17) is 0 Å². The van der Waals surface area contributed by atoms with Crippen LogP contribution in [0.3, 0.4) is 0 Å². The SMILES string of the molecule is O=C(NNS(=O)(=O)c1ccc([N+](=O)[O-])cc1)c1cccc(-c2ccccc2)c1. The van der Waals surface area contributed by atoms with Gasteiger partial charge in [0.25, 0.3) is 21.6 Å². The lowest BCUT2D eigenvalue weighted by Gasteiger charge is -2.09. The normalized spacial score (nSPS) is 11.0. The molecule has 0 aliphatic heterocycles. The molecule has 0 spiro atoms. The monoisotopic (exact) mass is 397 g/mol. The number of nitrogens with zero attached hydrogens (tertiary/aromatic N) is 1. The fraction of sp³-hybridized carbons (Fsp3) is 0. The molecule has 0 bridgehead atoms. The van der Waals surface area contributed by atoms with Gasteiger partial charge in [0.05, 0.1) is 9.82 Å². The zero-order valence-corrected chi connectivity index (χ0v) is 15.2. The smallest absolute Gasteiger partial charge is 0.269 e. The summed E-state index contributed by atoms with van der Waals surface area (Å²) in [6.07, 6.45) is 0. The molecule has 0 radical (unpaired) electrons. The summed E-state index contributed by atoms with van der Waals surface area (Å²) >= 11 is 0. The molecule has 0 heterocycles. The topological polar surface area (TPSA) is 118 Å². The Hall–Kier alpha value is -3.56. The second-order valence-corrected chi connectivity index (χ2v) is 7.44. The maximum atomic E-state index is 12.3. The van der Waals surface area contributed by atoms with Gasteiger partial charge in [0.15, 0.2) is 0 Å². The van der Waals surface area contributed by atoms with Crippen molar-refractivity contribution in [3.8, 4) is 11.1 Å². The van der Waals surface area contributed by atoms with Crippen LogP contribution in [-0.4, -0.2) is 19.2 Å². The molecule has 3 aromatic rings. The summed E-state index contributed by atoms with van der Waals surface area (Å²) in [5, 5.41) is 10.6. The van der Waals surface area contributed by atoms with Gasteiger partial charge >= 0.3 is 0 Å². The lowest BCUT2D eigenvalue weighted by Crippen LogP contribution is -2.41. The summed E-state index contributed by atoms with van der Waals surface area (Å²) in [5.74, 6) is -0.636. The maximum Gasteiger partial charge on any atom is 0.269 e. The first-order valence-electron chi connectivity index (χ1n) is 8.09. The number of non-ortho nitro benzene ring substituents is 1. The quantitative estimate of drug-likeness (QED) is 0.490. The Morgan fingerprint density at radius 2 is 1.50 bits per heavy atom. The average Bonchev–Trinajstić information content (AvgIpc) is 2.73. The van der Waals surface area contributed by atoms with E-state index in [1.807, 2.05) is 41.2 Å². The predicted molar refractivity (Wildman–Crippen MR) is 103 cm³/mol. The van der Waals surface area contributed by atoms with Crippen molar-refractivity contribution in [2.24, 2.45) is 0 Å². The third-order valence-electron chi connectivity index (χ3n) is 3.89. The first-order valence-corrected chi connectivity index (χ1v) is 9.57. The summed E-state index contributed by atoms with van der Waals surface area (Å²) < 4.78 is 24.5. The fourth-order valence-corrected chi connectivity index (χ4v) is 3.30. The van der Waals surface area contributed by atoms with E-state index in [2.05, 4.69) is 5.43 Å². The Balaban J connectivity index is 1.72. The van der Waals surface area contributed by atoms with Crippen molar-refractivity contribution < 1.29 is 18.1 Å². The summed E-state index contributed by atoms with van der Waals surface area (Å²) in [4.78, 5) is 24.1. The van der Waals surface area contributed by atoms with E-state index in [1.165, 1.54) is 0 Å². The zero-order valence-electron chi connectivity index (χ0n) is 14.4. The van der Waals surface area contributed by atoms with Crippen molar-refractivity contribution in [2.75, 3.05) is 0 Å². The zero-order chi connectivity index (χ0) is 20.1. The number of nitrogens with one attached hydrogen (secondary N) is 2. The Morgan fingerprint density at radius 1 is 0.857 bits per heavy atom. The Kier molecular flexibility index (Phi) is 5.48. The highest BCUT2D eigenvalue weighted by Crippen LogP contribution is 2.20. The van der Waals surface area contributed by atoms with Crippen molar-refractivity contribution in [1.29, 1.82) is 0 Å². The van der Waals surface area contributed by atoms with Gasteiger partial charge in [-0.15, -0.1) is 4.83 Å². The molecular formula is C19H15N3O5S. The highest BCUT2D eigenvalue weighted by Gasteiger charge is 2.17. The lowest BCUT2D eigenvalue weighted by atomic mass is 10.0. The fourth-order valence-electron chi connectivity index (χ4n) is 2.46. The average molecular weight is 397 g/mol. The van der Waals surface area contributed by atoms with Crippen LogP contribution >= 0.6 is 0 Å². The van der Waals surface area contributed by atoms with Crippen LogP contribution < -0.4 is 10.3 Å². The summed E-state index contributed by atoms with van der Waals surface area (Å²) in [7, 11) is -4.07. The van der Waals surface area contributed by atoms with Gasteiger partial charge in [0, 0.05) is 17.7 Å². The molecule has 3 rings (SSSR count). The molecule has 0 aromatic heterocycles. The van der Waals surface area contributed by atoms with Gasteiger partial charge in [-0.25, -0.2) is 8.42 Å². The van der Waals surface area contributed by atoms with Gasteiger partial charge in [-0.1, -0.05) is 42.5 Å². The molecule has 0 fully saturated rings. The molecule has 9 heteroatoms. The van der Waals surface area contributed by atoms with Gasteiger partial charge in [0.1, 0.15) is 0 Å². The number of hydrogen-bond donors (Lipinski definition) is 2. The maximum absolute atomic E-state index is 12.3. The molecule has 28 heavy (non-hydrogen) atoms. The summed E-state index contributed by atoms with van der Waals surface area (Å²) in [6, 6.07) is 20.5. The molecule has 1 amide bonds. The van der Waals surface area contributed by atoms with E-state index in [9.17, 15) is 23.3 Å². The van der Waals surface area contributed by atoms with Crippen LogP contribution in [0.5, 0.6) is 0 Å². The van der Waals surface area contributed by atoms with E-state index in [0.29, 0.717) is 0 Å². The van der Waals surface area contributed by atoms with E-state index < -0.39 is 20.9 Å². The van der Waals surface area contributed by atoms with Crippen molar-refractivity contribution in [3.63, 3.8) is 0 Å². The molecule has 8 nitrogen and oxygen atoms in total. The predicted octanol–water partition coefficient (Wildman–Crippen LogP) is 2.89. The number of carbonyl (C=O) groups excluding carboxylic acids is 1. The first-order chi connectivity index (χ1) is 13.4. The van der Waals surface area contributed by atoms with E-state index in [-0.39, 0.29) is 16.1 Å². The van der Waals surface area contributed by atoms with Crippen LogP contribution in [0.4, 0.5) is 5.69 Å². The van der Waals surface area contributed by atoms with Crippen LogP contribution in [-0.2, 0) is 10.0 Å². The molecule has 0 saturated heterocycles. The Morgan fingerprint density at radius 3 is 2.14 bits per heavy atom. The number of nitro benzene ring substituents is 1. The third kappa shape index (κ3) is 4.40. The number of hydrazine groups is 1. The molecule has 0 unspecified atom stereocenters. The number of nitro groups is 1. The van der Waals surface area contributed by atoms with Crippen LogP contribution in [0.15, 0.2) is 83.8 Å². The highest BCUT2D eigenvalue weighted by atomic mass is 32.2. The van der Waals surface area contributed by atoms with Gasteiger partial charge in [0.2, 0.25) is 0 Å². The summed E-state index contributed by atoms with van der Waals surface area (Å²) in [5.41, 5.74) is 3.91. The van der Waals surface area contributed by atoms with Crippen LogP contribution in [0, 0.1) is 10.1 Å². The second kappa shape index (κ2) is 7.99. The van der Waals surface area contributed by atoms with Crippen molar-refractivity contribution >= 4 is 21.6 Å². The number of carbonyl (C=O) groups is 1. The minimum Gasteiger partial charge on any atom is -0.273 e. The van der Waals surface area contributed by atoms with Gasteiger partial charge in [-0.05, 0) is 35.4 Å². The van der Waals surface area contributed by atoms with E-state index in [0.717, 1.165) is 35.4 Å². The number of sulfonamides is 1. The second-order valence-electron chi connectivity index (χ2n) is 5.76. The number of benzene rings is 3. The van der Waals surface area contributed by atoms with Gasteiger partial charge < -0.3 is 0 Å². The third-order valence-corrected chi connectivity index (χ3v) is 5.15. The van der Waals surface area contributed by atoms with Crippen LogP contribution in [0.2, 0.25) is 0 Å². The van der Waals surface area contributed by atoms with E-state index >= 15 is 0 Å². The van der Waals surface area contributed by atoms with Crippen LogP contribution in [0.25, 0.3) is 11.1 Å². The summed E-state index contributed by atoms with van der Waals surface area (Å²) in [6.45, 7) is 0. The minimum atomic E-state index is -4.07. The highest BCUT2D eigenvalue weighted by molar-refractivity contribution is 7.89. The van der Waals surface area contributed by atoms with Crippen molar-refractivity contribution in [2.45, 2.75) is 4.90 Å². The van der Waals surface area contributed by atoms with Crippen molar-refractivity contribution in [3.05, 3.63) is 94.5 Å². The Labute approximate surface area is 161 Å². The molecule has 0 aliphatic carbocycles. The number of rotatable bonds is 6. The largest absolute Gasteiger partial charge is 0.273 e. The number of hydrogen-bond acceptors (Lipinski definition) is 5. The first kappa shape index (κ1) is 19.2. The number of amides is 1. The molecule has 142 valence electrons. The molecular weight excluding hydrogens is 382 g/mol. The lowest BCUT2D eigenvalue weighted by molar-refractivity contribution is -0.384. The molecule has 0 saturated carbocycles. The molecule has 0 atom stereocenters. The Bertz CT molecular complexity index is 1110. The molecule has 2 N–H and O–H groups in total. The van der Waals surface area contributed by atoms with Crippen molar-refractivity contribution in [1.82, 2.24) is 10.3 Å². The minimum absolute atomic E-state index is 0.212. The van der Waals surface area contributed by atoms with Gasteiger partial charge in [-0.3, -0.25) is 20.3 Å². The van der Waals surface area contributed by atoms with Gasteiger partial charge in [-0.2, -0.15) is 0 Å².